The number of hydrogen-bond donors (Lipinski definition) is 0. The zero-order chi connectivity index (χ0) is 26.8. The fourth-order valence-electron chi connectivity index (χ4n) is 6.76. The molecule has 2 heterocycles. The van der Waals surface area contributed by atoms with Gasteiger partial charge in [0.05, 0.1) is 0 Å². The van der Waals surface area contributed by atoms with Gasteiger partial charge in [0.15, 0.2) is 0 Å². The van der Waals surface area contributed by atoms with E-state index in [1.807, 2.05) is 30.0 Å². The van der Waals surface area contributed by atoms with Gasteiger partial charge in [0, 0.05) is 31.5 Å². The second kappa shape index (κ2) is 8.84. The lowest BCUT2D eigenvalue weighted by Crippen LogP contribution is -2.53. The summed E-state index contributed by atoms with van der Waals surface area (Å²) in [6.07, 6.45) is -1.85. The number of benzene rings is 2. The van der Waals surface area contributed by atoms with E-state index in [0.717, 1.165) is 22.3 Å². The van der Waals surface area contributed by atoms with E-state index >= 15 is 0 Å². The van der Waals surface area contributed by atoms with Crippen molar-refractivity contribution in [2.24, 2.45) is 0 Å². The van der Waals surface area contributed by atoms with Crippen LogP contribution >= 0.6 is 0 Å². The molecule has 4 nitrogen and oxygen atoms in total. The summed E-state index contributed by atoms with van der Waals surface area (Å²) >= 11 is 0. The third-order valence-corrected chi connectivity index (χ3v) is 8.88. The number of carbonyl (C=O) groups excluding carboxylic acids is 2. The van der Waals surface area contributed by atoms with Crippen molar-refractivity contribution in [3.8, 4) is 0 Å². The van der Waals surface area contributed by atoms with Crippen LogP contribution in [0.15, 0.2) is 42.5 Å². The Morgan fingerprint density at radius 3 is 2.49 bits per heavy atom. The number of fused-ring (bicyclic) bond motifs is 3. The number of likely N-dealkylation sites (tertiary alicyclic amines) is 2. The highest BCUT2D eigenvalue weighted by molar-refractivity contribution is 5.91. The molecule has 8 heteroatoms. The van der Waals surface area contributed by atoms with Crippen molar-refractivity contribution in [1.29, 1.82) is 0 Å². The maximum absolute atomic E-state index is 14.9. The first-order valence-corrected chi connectivity index (χ1v) is 12.9. The lowest BCUT2D eigenvalue weighted by atomic mass is 9.63. The SMILES string of the molecule is Cc1cccc(CC23CCN(C(=O)[C@@H]4CCC(=O)N4C)C2CCc2cc(C(C)(F)C(F)(F)F)ccc23)c1. The van der Waals surface area contributed by atoms with Crippen molar-refractivity contribution in [2.75, 3.05) is 13.6 Å². The van der Waals surface area contributed by atoms with Crippen LogP contribution in [-0.2, 0) is 33.5 Å². The molecule has 3 unspecified atom stereocenters. The van der Waals surface area contributed by atoms with Crippen molar-refractivity contribution in [2.45, 2.75) is 81.7 Å². The summed E-state index contributed by atoms with van der Waals surface area (Å²) in [5.41, 5.74) is -0.515. The van der Waals surface area contributed by atoms with Gasteiger partial charge in [-0.05, 0) is 68.2 Å². The van der Waals surface area contributed by atoms with E-state index < -0.39 is 23.3 Å². The van der Waals surface area contributed by atoms with Crippen molar-refractivity contribution in [1.82, 2.24) is 9.80 Å². The van der Waals surface area contributed by atoms with Crippen molar-refractivity contribution < 1.29 is 27.2 Å². The van der Waals surface area contributed by atoms with Crippen LogP contribution in [0.3, 0.4) is 0 Å². The first-order chi connectivity index (χ1) is 17.3. The van der Waals surface area contributed by atoms with Crippen LogP contribution in [-0.4, -0.2) is 53.5 Å². The molecule has 0 spiro atoms. The van der Waals surface area contributed by atoms with Gasteiger partial charge in [0.25, 0.3) is 0 Å². The summed E-state index contributed by atoms with van der Waals surface area (Å²) in [6.45, 7) is 3.09. The van der Waals surface area contributed by atoms with Gasteiger partial charge in [-0.25, -0.2) is 4.39 Å². The normalized spacial score (nSPS) is 27.2. The van der Waals surface area contributed by atoms with Crippen LogP contribution in [0.25, 0.3) is 0 Å². The Morgan fingerprint density at radius 2 is 1.84 bits per heavy atom. The molecule has 37 heavy (non-hydrogen) atoms. The van der Waals surface area contributed by atoms with Gasteiger partial charge in [0.2, 0.25) is 17.5 Å². The fourth-order valence-corrected chi connectivity index (χ4v) is 6.76. The predicted octanol–water partition coefficient (Wildman–Crippen LogP) is 5.39. The van der Waals surface area contributed by atoms with Gasteiger partial charge in [0.1, 0.15) is 6.04 Å². The van der Waals surface area contributed by atoms with E-state index in [9.17, 15) is 27.2 Å². The first-order valence-electron chi connectivity index (χ1n) is 12.9. The minimum Gasteiger partial charge on any atom is -0.337 e. The molecule has 0 N–H and O–H groups in total. The smallest absolute Gasteiger partial charge is 0.337 e. The van der Waals surface area contributed by atoms with E-state index in [4.69, 9.17) is 0 Å². The number of halogens is 4. The Labute approximate surface area is 214 Å². The molecule has 5 rings (SSSR count). The number of aryl methyl sites for hydroxylation is 2. The van der Waals surface area contributed by atoms with Gasteiger partial charge < -0.3 is 9.80 Å². The largest absolute Gasteiger partial charge is 0.426 e. The molecule has 2 aromatic carbocycles. The molecular formula is C29H32F4N2O2. The monoisotopic (exact) mass is 516 g/mol. The van der Waals surface area contributed by atoms with Gasteiger partial charge in [-0.15, -0.1) is 0 Å². The number of alkyl halides is 4. The third-order valence-electron chi connectivity index (χ3n) is 8.88. The molecule has 2 amide bonds. The molecule has 2 fully saturated rings. The summed E-state index contributed by atoms with van der Waals surface area (Å²) in [6, 6.07) is 11.8. The van der Waals surface area contributed by atoms with Crippen molar-refractivity contribution in [3.63, 3.8) is 0 Å². The average molecular weight is 517 g/mol. The molecule has 2 aromatic rings. The molecule has 0 radical (unpaired) electrons. The zero-order valence-corrected chi connectivity index (χ0v) is 21.4. The molecule has 3 aliphatic rings. The topological polar surface area (TPSA) is 40.6 Å². The van der Waals surface area contributed by atoms with Gasteiger partial charge >= 0.3 is 6.18 Å². The van der Waals surface area contributed by atoms with Crippen LogP contribution in [0.4, 0.5) is 17.6 Å². The summed E-state index contributed by atoms with van der Waals surface area (Å²) < 4.78 is 55.3. The standard InChI is InChI=1S/C29H32F4N2O2/c1-18-5-4-6-19(15-18)17-28-13-14-35(26(37)23-10-12-25(36)34(23)3)24(28)11-7-20-16-21(8-9-22(20)28)27(2,30)29(31,32)33/h4-6,8-9,15-16,23-24H,7,10-14,17H2,1-3H3/t23-,24?,27?,28?/m0/s1. The second-order valence-corrected chi connectivity index (χ2v) is 11.1. The Morgan fingerprint density at radius 1 is 1.08 bits per heavy atom. The molecule has 0 saturated carbocycles. The quantitative estimate of drug-likeness (QED) is 0.512. The minimum absolute atomic E-state index is 0.0379. The molecule has 2 aliphatic heterocycles. The van der Waals surface area contributed by atoms with Gasteiger partial charge in [-0.1, -0.05) is 48.0 Å². The highest BCUT2D eigenvalue weighted by Crippen LogP contribution is 2.51. The number of rotatable bonds is 4. The van der Waals surface area contributed by atoms with E-state index in [-0.39, 0.29) is 23.4 Å². The van der Waals surface area contributed by atoms with Crippen LogP contribution in [0.2, 0.25) is 0 Å². The molecule has 198 valence electrons. The third kappa shape index (κ3) is 4.12. The summed E-state index contributed by atoms with van der Waals surface area (Å²) in [5.74, 6) is -0.0954. The lowest BCUT2D eigenvalue weighted by molar-refractivity contribution is -0.228. The molecule has 0 bridgehead atoms. The Kier molecular flexibility index (Phi) is 6.15. The molecule has 0 aromatic heterocycles. The lowest BCUT2D eigenvalue weighted by Gasteiger charge is -2.44. The first kappa shape index (κ1) is 25.7. The molecule has 4 atom stereocenters. The van der Waals surface area contributed by atoms with Crippen LogP contribution in [0, 0.1) is 6.92 Å². The molecular weight excluding hydrogens is 484 g/mol. The average Bonchev–Trinajstić information content (AvgIpc) is 3.37. The van der Waals surface area contributed by atoms with Crippen LogP contribution in [0.5, 0.6) is 0 Å². The van der Waals surface area contributed by atoms with Crippen molar-refractivity contribution >= 4 is 11.8 Å². The zero-order valence-electron chi connectivity index (χ0n) is 21.4. The Bertz CT molecular complexity index is 1240. The van der Waals surface area contributed by atoms with Gasteiger partial charge in [-0.3, -0.25) is 9.59 Å². The van der Waals surface area contributed by atoms with E-state index in [0.29, 0.717) is 52.0 Å². The summed E-state index contributed by atoms with van der Waals surface area (Å²) in [5, 5.41) is 0. The van der Waals surface area contributed by atoms with E-state index in [1.165, 1.54) is 17.0 Å². The van der Waals surface area contributed by atoms with Gasteiger partial charge in [-0.2, -0.15) is 13.2 Å². The maximum Gasteiger partial charge on any atom is 0.426 e. The summed E-state index contributed by atoms with van der Waals surface area (Å²) in [4.78, 5) is 29.2. The van der Waals surface area contributed by atoms with E-state index in [2.05, 4.69) is 6.07 Å². The Balaban J connectivity index is 1.56. The summed E-state index contributed by atoms with van der Waals surface area (Å²) in [7, 11) is 1.67. The van der Waals surface area contributed by atoms with Crippen LogP contribution < -0.4 is 0 Å². The number of likely N-dealkylation sites (N-methyl/N-ethyl adjacent to an activating group) is 1. The number of nitrogens with zero attached hydrogens (tertiary/aromatic N) is 2. The maximum atomic E-state index is 14.9. The predicted molar refractivity (Wildman–Crippen MR) is 132 cm³/mol. The van der Waals surface area contributed by atoms with E-state index in [1.54, 1.807) is 13.1 Å². The second-order valence-electron chi connectivity index (χ2n) is 11.1. The number of carbonyl (C=O) groups is 2. The Hall–Kier alpha value is -2.90. The molecule has 1 aliphatic carbocycles. The van der Waals surface area contributed by atoms with Crippen molar-refractivity contribution in [3.05, 3.63) is 70.3 Å². The number of amides is 2. The highest BCUT2D eigenvalue weighted by atomic mass is 19.4. The fraction of sp³-hybridized carbons (Fsp3) is 0.517. The number of hydrogen-bond acceptors (Lipinski definition) is 2. The highest BCUT2D eigenvalue weighted by Gasteiger charge is 2.56. The minimum atomic E-state index is -5.01. The van der Waals surface area contributed by atoms with Crippen LogP contribution in [0.1, 0.15) is 60.4 Å². The molecule has 2 saturated heterocycles.